The van der Waals surface area contributed by atoms with Crippen LogP contribution in [-0.4, -0.2) is 0 Å². The molecule has 0 saturated carbocycles. The van der Waals surface area contributed by atoms with Crippen LogP contribution in [0.25, 0.3) is 153 Å². The Morgan fingerprint density at radius 1 is 0.247 bits per heavy atom. The molecule has 1 aromatic heterocycles. The third kappa shape index (κ3) is 7.39. The van der Waals surface area contributed by atoms with Gasteiger partial charge < -0.3 is 4.42 Å². The SMILES string of the molecule is [2H]c1c([2H])c(-c2c3c([2H])c([2H])c([2H])c([2H])c3c(-c3c([2H])c([2H])c([2H])c4c([2H])c([2H])c([2H])c([2H])c34)c3c([2H])c([2H])c([2H])c([2H])c23)c([2H])c([2H])c1-c1c([2H])c([2H])c2c([2H])c([2H])c([2H])c([2H])c2c1[2H].[2H]c1c([2H])c([2H])c(-c2c3ccccc3c(-c3cccc4oc5c6ccccc6ccc5c34)c3ccccc23)c([2H])c1[2H]. The fourth-order valence-corrected chi connectivity index (χ4v) is 10.4. The van der Waals surface area contributed by atoms with Crippen LogP contribution in [0.15, 0.2) is 295 Å². The number of hydrogen-bond donors (Lipinski definition) is 0. The Morgan fingerprint density at radius 3 is 1.43 bits per heavy atom. The van der Waals surface area contributed by atoms with Gasteiger partial charge in [0.1, 0.15) is 11.2 Å². The van der Waals surface area contributed by atoms with E-state index in [-0.39, 0.29) is 29.7 Å². The first-order valence-electron chi connectivity index (χ1n) is 39.5. The maximum atomic E-state index is 9.43. The van der Waals surface area contributed by atoms with Crippen molar-refractivity contribution in [2.24, 2.45) is 0 Å². The van der Waals surface area contributed by atoms with Gasteiger partial charge in [0.2, 0.25) is 0 Å². The Balaban J connectivity index is 0.000000189. The van der Waals surface area contributed by atoms with Crippen molar-refractivity contribution in [3.8, 4) is 55.6 Å². The predicted molar refractivity (Wildman–Crippen MR) is 330 cm³/mol. The molecule has 358 valence electrons. The number of hydrogen-bond acceptors (Lipinski definition) is 1. The van der Waals surface area contributed by atoms with E-state index in [4.69, 9.17) is 34.6 Å². The van der Waals surface area contributed by atoms with Crippen LogP contribution in [-0.2, 0) is 0 Å². The summed E-state index contributed by atoms with van der Waals surface area (Å²) in [6.07, 6.45) is 0. The molecular weight excluding hydrogens is 929 g/mol. The van der Waals surface area contributed by atoms with E-state index in [1.165, 1.54) is 0 Å². The van der Waals surface area contributed by atoms with Gasteiger partial charge in [-0.1, -0.05) is 272 Å². The average Bonchev–Trinajstić information content (AvgIpc) is 0.759. The molecule has 0 aliphatic rings. The molecule has 0 bridgehead atoms. The average molecular weight is 1010 g/mol. The van der Waals surface area contributed by atoms with Crippen LogP contribution in [0.4, 0.5) is 0 Å². The Bertz CT molecular complexity index is 6680. The first-order valence-corrected chi connectivity index (χ1v) is 24.0. The maximum Gasteiger partial charge on any atom is 0.143 e. The van der Waals surface area contributed by atoms with Crippen molar-refractivity contribution in [3.63, 3.8) is 0 Å². The molecule has 1 nitrogen and oxygen atoms in total. The summed E-state index contributed by atoms with van der Waals surface area (Å²) < 4.78 is 279. The van der Waals surface area contributed by atoms with Crippen LogP contribution in [0, 0.1) is 0 Å². The number of benzene rings is 15. The van der Waals surface area contributed by atoms with Crippen LogP contribution >= 0.6 is 0 Å². The highest BCUT2D eigenvalue weighted by Crippen LogP contribution is 2.49. The number of fused-ring (bicyclic) bond motifs is 11. The van der Waals surface area contributed by atoms with Crippen LogP contribution < -0.4 is 0 Å². The molecule has 0 spiro atoms. The molecule has 16 rings (SSSR count). The molecule has 0 atom stereocenters. The molecule has 0 aliphatic heterocycles. The van der Waals surface area contributed by atoms with Gasteiger partial charge in [-0.3, -0.25) is 0 Å². The molecule has 0 aliphatic carbocycles. The van der Waals surface area contributed by atoms with E-state index in [0.29, 0.717) is 5.56 Å². The van der Waals surface area contributed by atoms with E-state index in [1.54, 1.807) is 0 Å². The van der Waals surface area contributed by atoms with E-state index < -0.39 is 240 Å². The lowest BCUT2D eigenvalue weighted by Crippen LogP contribution is -1.91. The highest BCUT2D eigenvalue weighted by atomic mass is 16.3. The molecule has 0 fully saturated rings. The standard InChI is InChI=1S/C40H26.C36H22O/c1-2-12-31-26-32(25-22-27(31)10-1)28-20-23-30(24-21-28)39-35-15-5-7-17-37(35)40(38-18-8-6-16-36(38)39)34-19-9-13-29-11-3-4-14-33(29)34;1-2-12-24(13-3-1)33-26-15-6-8-17-28(26)34(29-18-9-7-16-27(29)33)30-19-10-20-32-35(30)31-22-21-23-11-4-5-14-25(23)36(31)37-32/h1-26H;1-22H/i1D,2D,3D,4D,5D,6D,7D,8D,9D,10D,11D,12D,13D,14D,15D,16D,17D,18D,19D,20D,21D,22D,23D,24D,25D,26D;1D,2D,3D,12D,13D. The van der Waals surface area contributed by atoms with Crippen molar-refractivity contribution < 1.29 is 46.9 Å². The summed E-state index contributed by atoms with van der Waals surface area (Å²) in [7, 11) is 0. The Kier molecular flexibility index (Phi) is 5.54. The minimum absolute atomic E-state index is 0.207. The van der Waals surface area contributed by atoms with Crippen molar-refractivity contribution >= 4 is 97.3 Å². The summed E-state index contributed by atoms with van der Waals surface area (Å²) in [6.45, 7) is 0. The minimum atomic E-state index is -1.07. The largest absolute Gasteiger partial charge is 0.455 e. The summed E-state index contributed by atoms with van der Waals surface area (Å²) in [5.41, 5.74) is -0.00836. The summed E-state index contributed by atoms with van der Waals surface area (Å²) in [6, 6.07) is 8.96. The van der Waals surface area contributed by atoms with Crippen LogP contribution in [0.5, 0.6) is 0 Å². The minimum Gasteiger partial charge on any atom is -0.455 e. The predicted octanol–water partition coefficient (Wildman–Crippen LogP) is 21.7. The van der Waals surface area contributed by atoms with Gasteiger partial charge in [0, 0.05) is 16.2 Å². The zero-order valence-electron chi connectivity index (χ0n) is 70.7. The van der Waals surface area contributed by atoms with Gasteiger partial charge >= 0.3 is 0 Å². The quantitative estimate of drug-likeness (QED) is 0.157. The highest BCUT2D eigenvalue weighted by Gasteiger charge is 2.22. The molecule has 0 unspecified atom stereocenters. The second-order valence-electron chi connectivity index (χ2n) is 17.8. The first-order chi connectivity index (χ1) is 51.1. The second kappa shape index (κ2) is 18.4. The van der Waals surface area contributed by atoms with Gasteiger partial charge in [-0.05, 0) is 144 Å². The summed E-state index contributed by atoms with van der Waals surface area (Å²) in [4.78, 5) is 0. The molecule has 0 radical (unpaired) electrons. The Labute approximate surface area is 489 Å². The van der Waals surface area contributed by atoms with Crippen LogP contribution in [0.1, 0.15) is 42.5 Å². The highest BCUT2D eigenvalue weighted by molar-refractivity contribution is 6.27. The second-order valence-corrected chi connectivity index (χ2v) is 17.8. The molecule has 1 heterocycles. The summed E-state index contributed by atoms with van der Waals surface area (Å²) >= 11 is 0. The third-order valence-corrected chi connectivity index (χ3v) is 13.7. The molecule has 0 amide bonds. The van der Waals surface area contributed by atoms with Gasteiger partial charge in [0.05, 0.1) is 42.5 Å². The summed E-state index contributed by atoms with van der Waals surface area (Å²) in [5.74, 6) is 0. The topological polar surface area (TPSA) is 13.1 Å². The van der Waals surface area contributed by atoms with E-state index in [9.17, 15) is 12.3 Å². The zero-order valence-corrected chi connectivity index (χ0v) is 39.7. The van der Waals surface area contributed by atoms with E-state index in [1.807, 2.05) is 72.8 Å². The zero-order chi connectivity index (χ0) is 77.8. The maximum absolute atomic E-state index is 9.43. The van der Waals surface area contributed by atoms with Gasteiger partial charge in [0.15, 0.2) is 0 Å². The van der Waals surface area contributed by atoms with E-state index in [2.05, 4.69) is 30.3 Å². The fraction of sp³-hybridized carbons (Fsp3) is 0. The third-order valence-electron chi connectivity index (χ3n) is 13.7. The molecule has 16 aromatic rings. The molecule has 77 heavy (non-hydrogen) atoms. The van der Waals surface area contributed by atoms with Crippen LogP contribution in [0.3, 0.4) is 0 Å². The Hall–Kier alpha value is -10.1. The Morgan fingerprint density at radius 2 is 0.740 bits per heavy atom. The number of rotatable bonds is 5. The van der Waals surface area contributed by atoms with E-state index >= 15 is 0 Å². The van der Waals surface area contributed by atoms with Gasteiger partial charge in [-0.15, -0.1) is 0 Å². The van der Waals surface area contributed by atoms with Crippen molar-refractivity contribution in [2.75, 3.05) is 0 Å². The monoisotopic (exact) mass is 1010 g/mol. The van der Waals surface area contributed by atoms with Gasteiger partial charge in [-0.25, -0.2) is 0 Å². The normalized spacial score (nSPS) is 17.3. The number of furan rings is 1. The smallest absolute Gasteiger partial charge is 0.143 e. The van der Waals surface area contributed by atoms with Gasteiger partial charge in [0.25, 0.3) is 0 Å². The van der Waals surface area contributed by atoms with Crippen molar-refractivity contribution in [3.05, 3.63) is 290 Å². The molecule has 15 aromatic carbocycles. The molecular formula is C76H48O. The van der Waals surface area contributed by atoms with Crippen LogP contribution in [0.2, 0.25) is 0 Å². The van der Waals surface area contributed by atoms with Crippen molar-refractivity contribution in [1.82, 2.24) is 0 Å². The first kappa shape index (κ1) is 23.2. The van der Waals surface area contributed by atoms with Crippen molar-refractivity contribution in [1.29, 1.82) is 0 Å². The van der Waals surface area contributed by atoms with Gasteiger partial charge in [-0.2, -0.15) is 0 Å². The fourth-order valence-electron chi connectivity index (χ4n) is 10.4. The molecule has 0 saturated heterocycles. The lowest BCUT2D eigenvalue weighted by molar-refractivity contribution is 0.673. The lowest BCUT2D eigenvalue weighted by Gasteiger charge is -2.19. The molecule has 0 N–H and O–H groups in total. The lowest BCUT2D eigenvalue weighted by atomic mass is 9.84. The molecule has 1 heteroatoms. The van der Waals surface area contributed by atoms with Crippen molar-refractivity contribution in [2.45, 2.75) is 0 Å². The summed E-state index contributed by atoms with van der Waals surface area (Å²) in [5, 5.41) is 2.52. The van der Waals surface area contributed by atoms with E-state index in [0.717, 1.165) is 65.4 Å².